The van der Waals surface area contributed by atoms with Crippen LogP contribution in [0.2, 0.25) is 5.02 Å². The van der Waals surface area contributed by atoms with Gasteiger partial charge in [0.1, 0.15) is 0 Å². The number of carbonyl (C=O) groups is 2. The van der Waals surface area contributed by atoms with Crippen molar-refractivity contribution in [1.29, 1.82) is 0 Å². The first-order chi connectivity index (χ1) is 13.5. The fraction of sp³-hybridized carbons (Fsp3) is 0.150. The van der Waals surface area contributed by atoms with Gasteiger partial charge in [0, 0.05) is 17.1 Å². The number of halogens is 2. The van der Waals surface area contributed by atoms with Crippen LogP contribution in [0, 0.1) is 0 Å². The van der Waals surface area contributed by atoms with Gasteiger partial charge in [-0.1, -0.05) is 45.7 Å². The SMILES string of the molecule is O=C(COC(=O)CCc1cnn(-c2ccccc2)c1)Nc1ccc(Br)cc1Cl. The van der Waals surface area contributed by atoms with Crippen molar-refractivity contribution in [3.8, 4) is 5.69 Å². The molecule has 3 rings (SSSR count). The van der Waals surface area contributed by atoms with E-state index < -0.39 is 11.9 Å². The molecule has 0 saturated carbocycles. The highest BCUT2D eigenvalue weighted by Gasteiger charge is 2.11. The van der Waals surface area contributed by atoms with E-state index in [0.29, 0.717) is 17.1 Å². The van der Waals surface area contributed by atoms with Gasteiger partial charge in [-0.2, -0.15) is 5.10 Å². The number of benzene rings is 2. The maximum atomic E-state index is 11.9. The maximum Gasteiger partial charge on any atom is 0.306 e. The molecule has 144 valence electrons. The largest absolute Gasteiger partial charge is 0.456 e. The van der Waals surface area contributed by atoms with E-state index in [-0.39, 0.29) is 13.0 Å². The van der Waals surface area contributed by atoms with Crippen molar-refractivity contribution in [1.82, 2.24) is 9.78 Å². The van der Waals surface area contributed by atoms with Crippen molar-refractivity contribution in [2.24, 2.45) is 0 Å². The summed E-state index contributed by atoms with van der Waals surface area (Å²) in [5, 5.41) is 7.28. The summed E-state index contributed by atoms with van der Waals surface area (Å²) >= 11 is 9.33. The molecule has 0 spiro atoms. The lowest BCUT2D eigenvalue weighted by atomic mass is 10.2. The average Bonchev–Trinajstić information content (AvgIpc) is 3.17. The molecule has 6 nitrogen and oxygen atoms in total. The van der Waals surface area contributed by atoms with Crippen molar-refractivity contribution in [2.45, 2.75) is 12.8 Å². The van der Waals surface area contributed by atoms with Crippen molar-refractivity contribution >= 4 is 45.1 Å². The van der Waals surface area contributed by atoms with Crippen LogP contribution in [-0.2, 0) is 20.7 Å². The first-order valence-corrected chi connectivity index (χ1v) is 9.68. The van der Waals surface area contributed by atoms with Crippen LogP contribution in [0.1, 0.15) is 12.0 Å². The highest BCUT2D eigenvalue weighted by Crippen LogP contribution is 2.25. The second-order valence-corrected chi connectivity index (χ2v) is 7.28. The summed E-state index contributed by atoms with van der Waals surface area (Å²) in [5.41, 5.74) is 2.31. The second-order valence-electron chi connectivity index (χ2n) is 5.96. The van der Waals surface area contributed by atoms with Gasteiger partial charge in [0.15, 0.2) is 6.61 Å². The lowest BCUT2D eigenvalue weighted by molar-refractivity contribution is -0.147. The van der Waals surface area contributed by atoms with Crippen LogP contribution in [0.5, 0.6) is 0 Å². The molecule has 0 saturated heterocycles. The zero-order valence-corrected chi connectivity index (χ0v) is 17.1. The fourth-order valence-corrected chi connectivity index (χ4v) is 3.17. The lowest BCUT2D eigenvalue weighted by Gasteiger charge is -2.08. The summed E-state index contributed by atoms with van der Waals surface area (Å²) in [5.74, 6) is -0.904. The molecule has 28 heavy (non-hydrogen) atoms. The van der Waals surface area contributed by atoms with Crippen molar-refractivity contribution in [3.63, 3.8) is 0 Å². The van der Waals surface area contributed by atoms with Gasteiger partial charge in [0.25, 0.3) is 5.91 Å². The molecule has 0 radical (unpaired) electrons. The number of para-hydroxylation sites is 1. The van der Waals surface area contributed by atoms with Gasteiger partial charge in [-0.15, -0.1) is 0 Å². The van der Waals surface area contributed by atoms with E-state index in [2.05, 4.69) is 26.3 Å². The third-order valence-electron chi connectivity index (χ3n) is 3.84. The molecule has 0 unspecified atom stereocenters. The Morgan fingerprint density at radius 3 is 2.71 bits per heavy atom. The number of hydrogen-bond donors (Lipinski definition) is 1. The lowest BCUT2D eigenvalue weighted by Crippen LogP contribution is -2.21. The molecule has 1 amide bonds. The van der Waals surface area contributed by atoms with E-state index in [9.17, 15) is 9.59 Å². The number of nitrogens with zero attached hydrogens (tertiary/aromatic N) is 2. The Balaban J connectivity index is 1.43. The number of rotatable bonds is 7. The van der Waals surface area contributed by atoms with E-state index >= 15 is 0 Å². The number of hydrogen-bond acceptors (Lipinski definition) is 4. The first-order valence-electron chi connectivity index (χ1n) is 8.51. The summed E-state index contributed by atoms with van der Waals surface area (Å²) in [4.78, 5) is 23.8. The fourth-order valence-electron chi connectivity index (χ4n) is 2.45. The summed E-state index contributed by atoms with van der Waals surface area (Å²) in [6, 6.07) is 14.8. The first kappa shape index (κ1) is 20.1. The quantitative estimate of drug-likeness (QED) is 0.528. The molecule has 0 aliphatic rings. The van der Waals surface area contributed by atoms with Crippen LogP contribution in [-0.4, -0.2) is 28.3 Å². The Hall–Kier alpha value is -2.64. The average molecular weight is 463 g/mol. The highest BCUT2D eigenvalue weighted by molar-refractivity contribution is 9.10. The molecule has 0 aliphatic heterocycles. The van der Waals surface area contributed by atoms with E-state index in [4.69, 9.17) is 16.3 Å². The molecule has 0 aliphatic carbocycles. The topological polar surface area (TPSA) is 73.2 Å². The minimum absolute atomic E-state index is 0.160. The molecule has 1 heterocycles. The Kier molecular flexibility index (Phi) is 6.84. The van der Waals surface area contributed by atoms with Crippen LogP contribution in [0.4, 0.5) is 5.69 Å². The van der Waals surface area contributed by atoms with Gasteiger partial charge in [0.05, 0.1) is 22.6 Å². The number of nitrogens with one attached hydrogen (secondary N) is 1. The summed E-state index contributed by atoms with van der Waals surface area (Å²) in [6.07, 6.45) is 4.21. The number of aromatic nitrogens is 2. The van der Waals surface area contributed by atoms with Crippen LogP contribution in [0.3, 0.4) is 0 Å². The van der Waals surface area contributed by atoms with Crippen LogP contribution < -0.4 is 5.32 Å². The number of ether oxygens (including phenoxy) is 1. The smallest absolute Gasteiger partial charge is 0.306 e. The van der Waals surface area contributed by atoms with Gasteiger partial charge in [-0.3, -0.25) is 9.59 Å². The molecule has 2 aromatic carbocycles. The Morgan fingerprint density at radius 1 is 1.18 bits per heavy atom. The molecule has 1 aromatic heterocycles. The number of anilines is 1. The van der Waals surface area contributed by atoms with E-state index in [0.717, 1.165) is 15.7 Å². The van der Waals surface area contributed by atoms with E-state index in [1.54, 1.807) is 29.1 Å². The normalized spacial score (nSPS) is 10.5. The van der Waals surface area contributed by atoms with Gasteiger partial charge >= 0.3 is 5.97 Å². The molecule has 8 heteroatoms. The molecule has 3 aromatic rings. The third kappa shape index (κ3) is 5.68. The minimum atomic E-state index is -0.454. The zero-order valence-electron chi connectivity index (χ0n) is 14.8. The van der Waals surface area contributed by atoms with Gasteiger partial charge in [0.2, 0.25) is 0 Å². The van der Waals surface area contributed by atoms with Crippen LogP contribution in [0.15, 0.2) is 65.4 Å². The Labute approximate surface area is 175 Å². The van der Waals surface area contributed by atoms with Crippen molar-refractivity contribution < 1.29 is 14.3 Å². The molecule has 0 atom stereocenters. The molecule has 1 N–H and O–H groups in total. The monoisotopic (exact) mass is 461 g/mol. The van der Waals surface area contributed by atoms with Crippen molar-refractivity contribution in [2.75, 3.05) is 11.9 Å². The van der Waals surface area contributed by atoms with Crippen LogP contribution in [0.25, 0.3) is 5.69 Å². The van der Waals surface area contributed by atoms with Crippen LogP contribution >= 0.6 is 27.5 Å². The van der Waals surface area contributed by atoms with Gasteiger partial charge in [-0.25, -0.2) is 4.68 Å². The number of carbonyl (C=O) groups excluding carboxylic acids is 2. The number of aryl methyl sites for hydroxylation is 1. The molecule has 0 bridgehead atoms. The Morgan fingerprint density at radius 2 is 1.96 bits per heavy atom. The van der Waals surface area contributed by atoms with E-state index in [1.807, 2.05) is 36.5 Å². The van der Waals surface area contributed by atoms with E-state index in [1.165, 1.54) is 0 Å². The number of esters is 1. The minimum Gasteiger partial charge on any atom is -0.456 e. The molecule has 0 fully saturated rings. The summed E-state index contributed by atoms with van der Waals surface area (Å²) in [7, 11) is 0. The zero-order chi connectivity index (χ0) is 19.9. The molecular formula is C20H17BrClN3O3. The third-order valence-corrected chi connectivity index (χ3v) is 4.65. The predicted octanol–water partition coefficient (Wildman–Crippen LogP) is 4.40. The molecular weight excluding hydrogens is 446 g/mol. The highest BCUT2D eigenvalue weighted by atomic mass is 79.9. The van der Waals surface area contributed by atoms with Gasteiger partial charge < -0.3 is 10.1 Å². The summed E-state index contributed by atoms with van der Waals surface area (Å²) in [6.45, 7) is -0.367. The van der Waals surface area contributed by atoms with Gasteiger partial charge in [-0.05, 0) is 42.3 Å². The van der Waals surface area contributed by atoms with Crippen molar-refractivity contribution in [3.05, 3.63) is 76.0 Å². The standard InChI is InChI=1S/C20H17BrClN3O3/c21-15-7-8-18(17(22)10-15)24-19(26)13-28-20(27)9-6-14-11-23-25(12-14)16-4-2-1-3-5-16/h1-5,7-8,10-12H,6,9,13H2,(H,24,26). The predicted molar refractivity (Wildman–Crippen MR) is 111 cm³/mol. The summed E-state index contributed by atoms with van der Waals surface area (Å²) < 4.78 is 7.57. The Bertz CT molecular complexity index is 976. The second kappa shape index (κ2) is 9.52. The maximum absolute atomic E-state index is 11.9. The number of amides is 1.